The lowest BCUT2D eigenvalue weighted by Crippen LogP contribution is -2.07. The maximum absolute atomic E-state index is 11.4. The predicted molar refractivity (Wildman–Crippen MR) is 73.5 cm³/mol. The molecule has 1 aromatic carbocycles. The van der Waals surface area contributed by atoms with Gasteiger partial charge in [0.2, 0.25) is 0 Å². The number of nitrogens with one attached hydrogen (secondary N) is 1. The van der Waals surface area contributed by atoms with E-state index in [1.807, 2.05) is 0 Å². The Bertz CT molecular complexity index is 524. The van der Waals surface area contributed by atoms with Crippen LogP contribution in [0.2, 0.25) is 0 Å². The van der Waals surface area contributed by atoms with Gasteiger partial charge in [0.15, 0.2) is 5.57 Å². The molecule has 20 heavy (non-hydrogen) atoms. The first-order valence-electron chi connectivity index (χ1n) is 5.91. The van der Waals surface area contributed by atoms with Crippen molar-refractivity contribution in [2.24, 2.45) is 0 Å². The summed E-state index contributed by atoms with van der Waals surface area (Å²) in [6.07, 6.45) is 1.28. The van der Waals surface area contributed by atoms with Crippen molar-refractivity contribution in [3.63, 3.8) is 0 Å². The lowest BCUT2D eigenvalue weighted by Gasteiger charge is -2.08. The van der Waals surface area contributed by atoms with E-state index in [1.54, 1.807) is 31.2 Å². The summed E-state index contributed by atoms with van der Waals surface area (Å²) in [7, 11) is 3.07. The first-order valence-corrected chi connectivity index (χ1v) is 5.91. The van der Waals surface area contributed by atoms with Gasteiger partial charge in [-0.1, -0.05) is 0 Å². The van der Waals surface area contributed by atoms with Crippen LogP contribution in [0.25, 0.3) is 0 Å². The molecule has 0 amide bonds. The summed E-state index contributed by atoms with van der Waals surface area (Å²) < 4.78 is 15.0. The fourth-order valence-corrected chi connectivity index (χ4v) is 1.39. The van der Waals surface area contributed by atoms with Gasteiger partial charge < -0.3 is 19.5 Å². The standard InChI is InChI=1S/C14H16N2O4/c1-4-20-14(17)10(8-15)9-16-11-5-12(18-2)7-13(6-11)19-3/h5-7,9,16H,4H2,1-3H3. The number of hydrogen-bond donors (Lipinski definition) is 1. The first-order chi connectivity index (χ1) is 9.64. The van der Waals surface area contributed by atoms with Gasteiger partial charge in [-0.05, 0) is 6.92 Å². The number of esters is 1. The number of rotatable bonds is 6. The maximum Gasteiger partial charge on any atom is 0.350 e. The molecule has 0 unspecified atom stereocenters. The minimum atomic E-state index is -0.669. The smallest absolute Gasteiger partial charge is 0.350 e. The van der Waals surface area contributed by atoms with Gasteiger partial charge in [-0.25, -0.2) is 4.79 Å². The number of hydrogen-bond acceptors (Lipinski definition) is 6. The number of nitrogens with zero attached hydrogens (tertiary/aromatic N) is 1. The van der Waals surface area contributed by atoms with Gasteiger partial charge >= 0.3 is 5.97 Å². The molecule has 0 aliphatic heterocycles. The third-order valence-corrected chi connectivity index (χ3v) is 2.35. The Balaban J connectivity index is 2.92. The zero-order valence-electron chi connectivity index (χ0n) is 11.6. The Morgan fingerprint density at radius 1 is 1.30 bits per heavy atom. The summed E-state index contributed by atoms with van der Waals surface area (Å²) in [6, 6.07) is 6.90. The molecule has 0 bridgehead atoms. The minimum absolute atomic E-state index is 0.117. The van der Waals surface area contributed by atoms with Gasteiger partial charge in [-0.15, -0.1) is 0 Å². The van der Waals surface area contributed by atoms with E-state index in [9.17, 15) is 4.79 Å². The van der Waals surface area contributed by atoms with Crippen LogP contribution < -0.4 is 14.8 Å². The normalized spacial score (nSPS) is 10.4. The fraction of sp³-hybridized carbons (Fsp3) is 0.286. The van der Waals surface area contributed by atoms with Crippen LogP contribution >= 0.6 is 0 Å². The molecule has 0 atom stereocenters. The quantitative estimate of drug-likeness (QED) is 0.487. The third-order valence-electron chi connectivity index (χ3n) is 2.35. The molecular weight excluding hydrogens is 260 g/mol. The van der Waals surface area contributed by atoms with Crippen molar-refractivity contribution in [1.82, 2.24) is 0 Å². The van der Waals surface area contributed by atoms with Crippen molar-refractivity contribution in [1.29, 1.82) is 5.26 Å². The van der Waals surface area contributed by atoms with Crippen LogP contribution in [0.1, 0.15) is 6.92 Å². The van der Waals surface area contributed by atoms with Crippen molar-refractivity contribution in [3.8, 4) is 17.6 Å². The lowest BCUT2D eigenvalue weighted by molar-refractivity contribution is -0.138. The molecule has 0 aliphatic rings. The van der Waals surface area contributed by atoms with E-state index in [1.165, 1.54) is 20.4 Å². The summed E-state index contributed by atoms with van der Waals surface area (Å²) in [6.45, 7) is 1.89. The molecule has 6 heteroatoms. The number of methoxy groups -OCH3 is 2. The van der Waals surface area contributed by atoms with Gasteiger partial charge in [-0.2, -0.15) is 5.26 Å². The molecule has 0 heterocycles. The molecule has 106 valence electrons. The Morgan fingerprint density at radius 2 is 1.90 bits per heavy atom. The Kier molecular flexibility index (Phi) is 5.91. The second-order valence-corrected chi connectivity index (χ2v) is 3.64. The van der Waals surface area contributed by atoms with Gasteiger partial charge in [0.25, 0.3) is 0 Å². The number of benzene rings is 1. The van der Waals surface area contributed by atoms with Crippen molar-refractivity contribution in [2.45, 2.75) is 6.92 Å². The van der Waals surface area contributed by atoms with Gasteiger partial charge in [0, 0.05) is 30.1 Å². The SMILES string of the molecule is CCOC(=O)C(C#N)=CNc1cc(OC)cc(OC)c1. The molecular formula is C14H16N2O4. The van der Waals surface area contributed by atoms with E-state index in [0.717, 1.165) is 0 Å². The van der Waals surface area contributed by atoms with E-state index in [-0.39, 0.29) is 12.2 Å². The summed E-state index contributed by atoms with van der Waals surface area (Å²) >= 11 is 0. The summed E-state index contributed by atoms with van der Waals surface area (Å²) in [5.41, 5.74) is 0.506. The van der Waals surface area contributed by atoms with Crippen LogP contribution in [0, 0.1) is 11.3 Å². The average Bonchev–Trinajstić information content (AvgIpc) is 2.47. The summed E-state index contributed by atoms with van der Waals surface area (Å²) in [5.74, 6) is 0.516. The highest BCUT2D eigenvalue weighted by atomic mass is 16.5. The molecule has 0 saturated carbocycles. The van der Waals surface area contributed by atoms with Crippen molar-refractivity contribution in [3.05, 3.63) is 30.0 Å². The molecule has 1 N–H and O–H groups in total. The van der Waals surface area contributed by atoms with Crippen molar-refractivity contribution < 1.29 is 19.0 Å². The third kappa shape index (κ3) is 4.21. The zero-order chi connectivity index (χ0) is 15.0. The summed E-state index contributed by atoms with van der Waals surface area (Å²) in [5, 5.41) is 11.7. The molecule has 0 spiro atoms. The van der Waals surface area contributed by atoms with Crippen molar-refractivity contribution in [2.75, 3.05) is 26.1 Å². The molecule has 6 nitrogen and oxygen atoms in total. The highest BCUT2D eigenvalue weighted by molar-refractivity contribution is 5.93. The van der Waals surface area contributed by atoms with E-state index >= 15 is 0 Å². The molecule has 0 fully saturated rings. The largest absolute Gasteiger partial charge is 0.497 e. The van der Waals surface area contributed by atoms with Crippen LogP contribution in [0.15, 0.2) is 30.0 Å². The van der Waals surface area contributed by atoms with Gasteiger partial charge in [0.05, 0.1) is 20.8 Å². The number of nitriles is 1. The zero-order valence-corrected chi connectivity index (χ0v) is 11.6. The maximum atomic E-state index is 11.4. The fourth-order valence-electron chi connectivity index (χ4n) is 1.39. The number of carbonyl (C=O) groups excluding carboxylic acids is 1. The van der Waals surface area contributed by atoms with E-state index in [2.05, 4.69) is 5.32 Å². The van der Waals surface area contributed by atoms with E-state index in [4.69, 9.17) is 19.5 Å². The van der Waals surface area contributed by atoms with Crippen molar-refractivity contribution >= 4 is 11.7 Å². The molecule has 0 radical (unpaired) electrons. The van der Waals surface area contributed by atoms with Crippen LogP contribution in [0.5, 0.6) is 11.5 Å². The number of ether oxygens (including phenoxy) is 3. The first kappa shape index (κ1) is 15.4. The topological polar surface area (TPSA) is 80.6 Å². The Morgan fingerprint density at radius 3 is 2.35 bits per heavy atom. The molecule has 1 rings (SSSR count). The second kappa shape index (κ2) is 7.69. The lowest BCUT2D eigenvalue weighted by atomic mass is 10.2. The van der Waals surface area contributed by atoms with Crippen LogP contribution in [0.3, 0.4) is 0 Å². The summed E-state index contributed by atoms with van der Waals surface area (Å²) in [4.78, 5) is 11.4. The highest BCUT2D eigenvalue weighted by Crippen LogP contribution is 2.25. The molecule has 0 saturated heterocycles. The minimum Gasteiger partial charge on any atom is -0.497 e. The van der Waals surface area contributed by atoms with Gasteiger partial charge in [-0.3, -0.25) is 0 Å². The van der Waals surface area contributed by atoms with Crippen LogP contribution in [-0.2, 0) is 9.53 Å². The molecule has 0 aliphatic carbocycles. The number of anilines is 1. The highest BCUT2D eigenvalue weighted by Gasteiger charge is 2.09. The second-order valence-electron chi connectivity index (χ2n) is 3.64. The number of carbonyl (C=O) groups is 1. The predicted octanol–water partition coefficient (Wildman–Crippen LogP) is 2.09. The van der Waals surface area contributed by atoms with Gasteiger partial charge in [0.1, 0.15) is 17.6 Å². The molecule has 1 aromatic rings. The van der Waals surface area contributed by atoms with E-state index < -0.39 is 5.97 Å². The Labute approximate surface area is 117 Å². The van der Waals surface area contributed by atoms with E-state index in [0.29, 0.717) is 17.2 Å². The van der Waals surface area contributed by atoms with Crippen LogP contribution in [0.4, 0.5) is 5.69 Å². The average molecular weight is 276 g/mol. The monoisotopic (exact) mass is 276 g/mol. The Hall–Kier alpha value is -2.68. The molecule has 0 aromatic heterocycles. The van der Waals surface area contributed by atoms with Crippen LogP contribution in [-0.4, -0.2) is 26.8 Å².